The van der Waals surface area contributed by atoms with Crippen LogP contribution in [0, 0.1) is 19.3 Å². The molecule has 3 N–H and O–H groups in total. The smallest absolute Gasteiger partial charge is 0.253 e. The molecule has 4 atom stereocenters. The minimum Gasteiger partial charge on any atom is -0.493 e. The first-order valence-electron chi connectivity index (χ1n) is 12.4. The molecule has 1 aromatic heterocycles. The Kier molecular flexibility index (Phi) is 7.45. The minimum atomic E-state index is -1.47. The van der Waals surface area contributed by atoms with Gasteiger partial charge in [-0.05, 0) is 55.7 Å². The van der Waals surface area contributed by atoms with Crippen LogP contribution in [0.2, 0.25) is 0 Å². The van der Waals surface area contributed by atoms with E-state index in [4.69, 9.17) is 9.47 Å². The summed E-state index contributed by atoms with van der Waals surface area (Å²) in [7, 11) is 1.60. The van der Waals surface area contributed by atoms with E-state index in [0.717, 1.165) is 16.9 Å². The number of pyridine rings is 1. The van der Waals surface area contributed by atoms with E-state index >= 15 is 0 Å². The van der Waals surface area contributed by atoms with Gasteiger partial charge >= 0.3 is 0 Å². The number of methoxy groups -OCH3 is 1. The van der Waals surface area contributed by atoms with Crippen molar-refractivity contribution in [2.24, 2.45) is 5.41 Å². The fraction of sp³-hybridized carbons (Fsp3) is 0.556. The summed E-state index contributed by atoms with van der Waals surface area (Å²) in [5, 5.41) is 29.8. The number of aliphatic hydroxyl groups is 3. The van der Waals surface area contributed by atoms with Crippen LogP contribution in [0.4, 0.5) is 5.82 Å². The lowest BCUT2D eigenvalue weighted by molar-refractivity contribution is -0.141. The maximum absolute atomic E-state index is 12.6. The Morgan fingerprint density at radius 3 is 2.50 bits per heavy atom. The summed E-state index contributed by atoms with van der Waals surface area (Å²) in [6, 6.07) is 7.79. The molecule has 3 heterocycles. The first kappa shape index (κ1) is 26.2. The lowest BCUT2D eigenvalue weighted by Crippen LogP contribution is -2.54. The van der Waals surface area contributed by atoms with Gasteiger partial charge in [0.15, 0.2) is 17.6 Å². The van der Waals surface area contributed by atoms with Crippen LogP contribution in [-0.4, -0.2) is 89.3 Å². The van der Waals surface area contributed by atoms with Gasteiger partial charge in [-0.3, -0.25) is 4.79 Å². The highest BCUT2D eigenvalue weighted by Gasteiger charge is 2.49. The molecule has 1 aromatic carbocycles. The molecule has 0 radical (unpaired) electrons. The third-order valence-corrected chi connectivity index (χ3v) is 7.87. The van der Waals surface area contributed by atoms with Crippen LogP contribution in [0.25, 0.3) is 0 Å². The van der Waals surface area contributed by atoms with E-state index < -0.39 is 30.1 Å². The van der Waals surface area contributed by atoms with Gasteiger partial charge in [0, 0.05) is 30.6 Å². The predicted molar refractivity (Wildman–Crippen MR) is 136 cm³/mol. The summed E-state index contributed by atoms with van der Waals surface area (Å²) in [5.74, 6) is 1.43. The minimum absolute atomic E-state index is 0.0259. The number of carbonyl (C=O) groups is 1. The number of likely N-dealkylation sites (tertiary alicyclic amines) is 1. The fourth-order valence-corrected chi connectivity index (χ4v) is 5.04. The van der Waals surface area contributed by atoms with Crippen LogP contribution >= 0.6 is 0 Å². The number of amides is 1. The number of aryl methyl sites for hydroxylation is 2. The van der Waals surface area contributed by atoms with Crippen LogP contribution < -0.4 is 14.4 Å². The molecule has 36 heavy (non-hydrogen) atoms. The number of aromatic nitrogens is 1. The molecule has 0 aliphatic carbocycles. The van der Waals surface area contributed by atoms with Crippen molar-refractivity contribution in [1.29, 1.82) is 0 Å². The van der Waals surface area contributed by atoms with Gasteiger partial charge in [-0.15, -0.1) is 0 Å². The maximum Gasteiger partial charge on any atom is 0.253 e. The van der Waals surface area contributed by atoms with Gasteiger partial charge in [0.05, 0.1) is 32.9 Å². The number of aliphatic hydroxyl groups excluding tert-OH is 3. The van der Waals surface area contributed by atoms with E-state index in [1.165, 1.54) is 10.5 Å². The predicted octanol–water partition coefficient (Wildman–Crippen LogP) is 1.64. The molecular weight excluding hydrogens is 462 g/mol. The summed E-state index contributed by atoms with van der Waals surface area (Å²) < 4.78 is 11.9. The van der Waals surface area contributed by atoms with Crippen molar-refractivity contribution >= 4 is 11.7 Å². The molecule has 2 saturated heterocycles. The van der Waals surface area contributed by atoms with E-state index in [9.17, 15) is 20.1 Å². The Morgan fingerprint density at radius 2 is 1.89 bits per heavy atom. The van der Waals surface area contributed by atoms with E-state index in [0.29, 0.717) is 31.1 Å². The number of hydrogen-bond donors (Lipinski definition) is 3. The molecule has 196 valence electrons. The fourth-order valence-electron chi connectivity index (χ4n) is 5.04. The quantitative estimate of drug-likeness (QED) is 0.502. The molecule has 2 aromatic rings. The van der Waals surface area contributed by atoms with Gasteiger partial charge in [0.25, 0.3) is 5.91 Å². The number of ether oxygens (including phenoxy) is 2. The second kappa shape index (κ2) is 10.2. The Labute approximate surface area is 212 Å². The third-order valence-electron chi connectivity index (χ3n) is 7.87. The topological polar surface area (TPSA) is 116 Å². The van der Waals surface area contributed by atoms with Gasteiger partial charge < -0.3 is 34.6 Å². The van der Waals surface area contributed by atoms with E-state index in [2.05, 4.69) is 22.9 Å². The summed E-state index contributed by atoms with van der Waals surface area (Å²) in [6.45, 7) is 9.14. The number of hydrogen-bond acceptors (Lipinski definition) is 8. The van der Waals surface area contributed by atoms with E-state index in [1.807, 2.05) is 38.2 Å². The number of benzene rings is 1. The average Bonchev–Trinajstić information content (AvgIpc) is 3.20. The second-order valence-corrected chi connectivity index (χ2v) is 10.3. The molecule has 9 heteroatoms. The summed E-state index contributed by atoms with van der Waals surface area (Å²) >= 11 is 0. The Balaban J connectivity index is 1.52. The molecule has 2 fully saturated rings. The normalized spacial score (nSPS) is 23.8. The van der Waals surface area contributed by atoms with Crippen molar-refractivity contribution in [3.63, 3.8) is 0 Å². The van der Waals surface area contributed by atoms with E-state index in [1.54, 1.807) is 14.0 Å². The first-order chi connectivity index (χ1) is 17.1. The highest BCUT2D eigenvalue weighted by molar-refractivity contribution is 5.81. The molecule has 2 aliphatic rings. The van der Waals surface area contributed by atoms with Gasteiger partial charge in [-0.1, -0.05) is 13.0 Å². The van der Waals surface area contributed by atoms with Crippen LogP contribution in [0.15, 0.2) is 30.5 Å². The molecule has 4 rings (SSSR count). The Morgan fingerprint density at radius 1 is 1.17 bits per heavy atom. The number of carbonyl (C=O) groups excluding carboxylic acids is 1. The number of rotatable bonds is 8. The highest BCUT2D eigenvalue weighted by Crippen LogP contribution is 2.47. The first-order valence-corrected chi connectivity index (χ1v) is 12.4. The van der Waals surface area contributed by atoms with Gasteiger partial charge in [0.1, 0.15) is 11.9 Å². The molecule has 0 unspecified atom stereocenters. The molecular formula is C27H37N3O6. The standard InChI is InChI=1S/C27H37N3O6/c1-16-8-25(28-10-17(16)2)29-11-20(12-29)36-24-9-19(6-7-23(24)35-5)21-13-30(26(34)22(33)14-31)15-27(21,4)18(3)32/h6-10,18,20-22,31-33H,11-15H2,1-5H3/t18-,21+,22+,27+/m1/s1. The lowest BCUT2D eigenvalue weighted by atomic mass is 9.72. The largest absolute Gasteiger partial charge is 0.493 e. The summed E-state index contributed by atoms with van der Waals surface area (Å²) in [4.78, 5) is 20.8. The molecule has 1 amide bonds. The van der Waals surface area contributed by atoms with Crippen LogP contribution in [0.3, 0.4) is 0 Å². The SMILES string of the molecule is COc1ccc([C@@H]2CN(C(=O)[C@@H](O)CO)C[C@@]2(C)[C@@H](C)O)cc1OC1CN(c2cc(C)c(C)cn2)C1. The van der Waals surface area contributed by atoms with Crippen LogP contribution in [-0.2, 0) is 4.79 Å². The molecule has 9 nitrogen and oxygen atoms in total. The maximum atomic E-state index is 12.6. The number of anilines is 1. The molecule has 0 bridgehead atoms. The Hall–Kier alpha value is -2.88. The summed E-state index contributed by atoms with van der Waals surface area (Å²) in [5.41, 5.74) is 2.64. The zero-order valence-electron chi connectivity index (χ0n) is 21.6. The van der Waals surface area contributed by atoms with Crippen molar-refractivity contribution in [1.82, 2.24) is 9.88 Å². The third kappa shape index (κ3) is 4.87. The lowest BCUT2D eigenvalue weighted by Gasteiger charge is -2.40. The van der Waals surface area contributed by atoms with Gasteiger partial charge in [0.2, 0.25) is 0 Å². The molecule has 2 aliphatic heterocycles. The van der Waals surface area contributed by atoms with Crippen molar-refractivity contribution in [3.8, 4) is 11.5 Å². The van der Waals surface area contributed by atoms with Gasteiger partial charge in [-0.2, -0.15) is 0 Å². The zero-order valence-corrected chi connectivity index (χ0v) is 21.6. The average molecular weight is 500 g/mol. The van der Waals surface area contributed by atoms with Crippen LogP contribution in [0.1, 0.15) is 36.5 Å². The molecule has 0 saturated carbocycles. The van der Waals surface area contributed by atoms with Gasteiger partial charge in [-0.25, -0.2) is 4.98 Å². The van der Waals surface area contributed by atoms with Crippen LogP contribution in [0.5, 0.6) is 11.5 Å². The second-order valence-electron chi connectivity index (χ2n) is 10.3. The van der Waals surface area contributed by atoms with Crippen molar-refractivity contribution < 1.29 is 29.6 Å². The number of nitrogens with zero attached hydrogens (tertiary/aromatic N) is 3. The monoisotopic (exact) mass is 499 g/mol. The van der Waals surface area contributed by atoms with Crippen molar-refractivity contribution in [2.75, 3.05) is 44.8 Å². The Bertz CT molecular complexity index is 1100. The zero-order chi connectivity index (χ0) is 26.2. The summed E-state index contributed by atoms with van der Waals surface area (Å²) in [6.07, 6.45) is -0.310. The van der Waals surface area contributed by atoms with Crippen molar-refractivity contribution in [2.45, 2.75) is 51.9 Å². The van der Waals surface area contributed by atoms with Crippen molar-refractivity contribution in [3.05, 3.63) is 47.2 Å². The highest BCUT2D eigenvalue weighted by atomic mass is 16.5. The molecule has 0 spiro atoms. The van der Waals surface area contributed by atoms with E-state index in [-0.39, 0.29) is 18.6 Å².